The summed E-state index contributed by atoms with van der Waals surface area (Å²) in [7, 11) is 0. The smallest absolute Gasteiger partial charge is 0.0725 e. The van der Waals surface area contributed by atoms with Crippen molar-refractivity contribution in [3.05, 3.63) is 338 Å². The molecule has 0 N–H and O–H groups in total. The second kappa shape index (κ2) is 18.8. The van der Waals surface area contributed by atoms with E-state index in [1.165, 1.54) is 33.4 Å². The van der Waals surface area contributed by atoms with Gasteiger partial charge in [-0.15, -0.1) is 0 Å². The number of benzene rings is 13. The Balaban J connectivity index is 0.940. The predicted octanol–water partition coefficient (Wildman–Crippen LogP) is 20.9. The average molecular weight is 1030 g/mol. The van der Waals surface area contributed by atoms with E-state index >= 15 is 0 Å². The molecule has 0 saturated carbocycles. The molecule has 14 aromatic rings. The summed E-state index contributed by atoms with van der Waals surface area (Å²) in [6, 6.07) is 101. The number of fused-ring (bicyclic) bond motifs is 13. The Kier molecular flexibility index (Phi) is 9.88. The molecule has 0 saturated heterocycles. The molecule has 378 valence electrons. The highest BCUT2D eigenvalue weighted by molar-refractivity contribution is 6.16. The van der Waals surface area contributed by atoms with Crippen molar-refractivity contribution in [1.29, 1.82) is 0 Å². The van der Waals surface area contributed by atoms with E-state index in [4.69, 9.17) is 0 Å². The largest absolute Gasteiger partial charge is 0.311 e. The summed E-state index contributed by atoms with van der Waals surface area (Å²) in [5.74, 6) is 0. The lowest BCUT2D eigenvalue weighted by Gasteiger charge is -2.30. The number of aromatic nitrogens is 1. The number of para-hydroxylation sites is 2. The molecule has 0 bridgehead atoms. The number of anilines is 3. The first-order valence-electron chi connectivity index (χ1n) is 29.7. The van der Waals surface area contributed by atoms with Gasteiger partial charge in [0.2, 0.25) is 0 Å². The third-order valence-corrected chi connectivity index (χ3v) is 16.9. The lowest BCUT2D eigenvalue weighted by molar-refractivity contribution is 0.794. The van der Waals surface area contributed by atoms with E-state index in [0.29, 0.717) is 16.9 Å². The van der Waals surface area contributed by atoms with Gasteiger partial charge in [0.25, 0.3) is 0 Å². The summed E-state index contributed by atoms with van der Waals surface area (Å²) in [4.78, 5) is 1.87. The van der Waals surface area contributed by atoms with Crippen LogP contribution in [-0.4, -0.2) is 4.57 Å². The molecule has 81 heavy (non-hydrogen) atoms. The van der Waals surface area contributed by atoms with Crippen LogP contribution in [0.2, 0.25) is 0 Å². The third kappa shape index (κ3) is 7.34. The van der Waals surface area contributed by atoms with Crippen molar-refractivity contribution in [2.24, 2.45) is 0 Å². The molecule has 0 radical (unpaired) electrons. The Hall–Kier alpha value is -10.5. The second-order valence-corrected chi connectivity index (χ2v) is 21.2. The minimum absolute atomic E-state index is 0.133. The van der Waals surface area contributed by atoms with Gasteiger partial charge in [0, 0.05) is 33.5 Å². The Morgan fingerprint density at radius 3 is 1.33 bits per heavy atom. The van der Waals surface area contributed by atoms with Crippen molar-refractivity contribution in [2.75, 3.05) is 4.90 Å². The molecule has 1 aromatic heterocycles. The first kappa shape index (κ1) is 42.5. The third-order valence-electron chi connectivity index (χ3n) is 16.9. The van der Waals surface area contributed by atoms with Gasteiger partial charge in [0.1, 0.15) is 0 Å². The highest BCUT2D eigenvalue weighted by Crippen LogP contribution is 2.64. The molecule has 2 heteroatoms. The van der Waals surface area contributed by atoms with E-state index in [9.17, 15) is 5.48 Å². The zero-order chi connectivity index (χ0) is 56.9. The van der Waals surface area contributed by atoms with Gasteiger partial charge in [-0.1, -0.05) is 237 Å². The summed E-state index contributed by atoms with van der Waals surface area (Å²) in [5.41, 5.74) is 22.7. The molecular formula is C79H52N2. The van der Waals surface area contributed by atoms with Gasteiger partial charge in [-0.2, -0.15) is 0 Å². The van der Waals surface area contributed by atoms with Crippen LogP contribution in [0, 0.1) is 0 Å². The van der Waals surface area contributed by atoms with Crippen LogP contribution in [0.1, 0.15) is 27.7 Å². The minimum Gasteiger partial charge on any atom is -0.311 e. The van der Waals surface area contributed by atoms with Crippen LogP contribution in [-0.2, 0) is 5.41 Å². The molecule has 2 aliphatic carbocycles. The van der Waals surface area contributed by atoms with Gasteiger partial charge in [-0.25, -0.2) is 0 Å². The van der Waals surface area contributed by atoms with Crippen molar-refractivity contribution >= 4 is 38.9 Å². The SMILES string of the molecule is [2H]c1c([2H])c(N(c2ccc(-c3ccccc3)cc2)c2ccc(-c3ccccc3)cc2)c([2H])c([2H])c1-c1cc(-c2cccc3c2-c2ccccc2C32c3ccccc3-c3ccccc32)cc(-c2cccc3c2c2ccccc2n3-c2ccccc2)c1. The van der Waals surface area contributed by atoms with E-state index in [1.807, 2.05) is 71.6 Å². The number of hydrogen-bond donors (Lipinski definition) is 0. The zero-order valence-corrected chi connectivity index (χ0v) is 44.1. The molecule has 1 spiro atoms. The van der Waals surface area contributed by atoms with Crippen molar-refractivity contribution in [3.8, 4) is 83.6 Å². The minimum atomic E-state index is -0.575. The number of nitrogens with zero attached hydrogens (tertiary/aromatic N) is 2. The molecule has 0 amide bonds. The fraction of sp³-hybridized carbons (Fsp3) is 0.0127. The molecule has 0 aliphatic heterocycles. The van der Waals surface area contributed by atoms with Crippen LogP contribution in [0.15, 0.2) is 315 Å². The van der Waals surface area contributed by atoms with Crippen LogP contribution >= 0.6 is 0 Å². The molecule has 0 fully saturated rings. The maximum atomic E-state index is 10.3. The second-order valence-electron chi connectivity index (χ2n) is 21.2. The molecule has 2 nitrogen and oxygen atoms in total. The van der Waals surface area contributed by atoms with Gasteiger partial charge >= 0.3 is 0 Å². The van der Waals surface area contributed by atoms with E-state index in [2.05, 4.69) is 229 Å². The lowest BCUT2D eigenvalue weighted by atomic mass is 9.70. The van der Waals surface area contributed by atoms with Gasteiger partial charge in [-0.05, 0) is 179 Å². The Morgan fingerprint density at radius 2 is 0.716 bits per heavy atom. The number of hydrogen-bond acceptors (Lipinski definition) is 1. The molecule has 0 unspecified atom stereocenters. The summed E-state index contributed by atoms with van der Waals surface area (Å²) in [6.07, 6.45) is 0. The van der Waals surface area contributed by atoms with E-state index in [0.717, 1.165) is 83.1 Å². The van der Waals surface area contributed by atoms with Crippen LogP contribution < -0.4 is 4.90 Å². The maximum Gasteiger partial charge on any atom is 0.0725 e. The van der Waals surface area contributed by atoms with Crippen LogP contribution in [0.25, 0.3) is 105 Å². The predicted molar refractivity (Wildman–Crippen MR) is 339 cm³/mol. The average Bonchev–Trinajstić information content (AvgIpc) is 1.54. The fourth-order valence-electron chi connectivity index (χ4n) is 13.4. The quantitative estimate of drug-likeness (QED) is 0.140. The Morgan fingerprint density at radius 1 is 0.284 bits per heavy atom. The van der Waals surface area contributed by atoms with Crippen LogP contribution in [0.3, 0.4) is 0 Å². The summed E-state index contributed by atoms with van der Waals surface area (Å²) < 4.78 is 43.2. The van der Waals surface area contributed by atoms with Gasteiger partial charge in [-0.3, -0.25) is 0 Å². The van der Waals surface area contributed by atoms with Crippen molar-refractivity contribution < 1.29 is 5.48 Å². The molecule has 13 aromatic carbocycles. The molecule has 1 heterocycles. The Labute approximate surface area is 478 Å². The van der Waals surface area contributed by atoms with Gasteiger partial charge in [0.05, 0.1) is 21.9 Å². The Bertz CT molecular complexity index is 4820. The van der Waals surface area contributed by atoms with Gasteiger partial charge in [0.15, 0.2) is 0 Å². The van der Waals surface area contributed by atoms with E-state index in [-0.39, 0.29) is 35.4 Å². The lowest BCUT2D eigenvalue weighted by Crippen LogP contribution is -2.25. The summed E-state index contributed by atoms with van der Waals surface area (Å²) in [5, 5.41) is 2.18. The van der Waals surface area contributed by atoms with Crippen LogP contribution in [0.5, 0.6) is 0 Å². The van der Waals surface area contributed by atoms with Crippen LogP contribution in [0.4, 0.5) is 17.1 Å². The summed E-state index contributed by atoms with van der Waals surface area (Å²) in [6.45, 7) is 0. The topological polar surface area (TPSA) is 8.17 Å². The maximum absolute atomic E-state index is 10.3. The van der Waals surface area contributed by atoms with E-state index in [1.54, 1.807) is 0 Å². The molecular weight excluding hydrogens is 977 g/mol. The first-order valence-corrected chi connectivity index (χ1v) is 27.7. The normalized spacial score (nSPS) is 13.2. The first-order chi connectivity index (χ1) is 41.9. The zero-order valence-electron chi connectivity index (χ0n) is 48.1. The highest BCUT2D eigenvalue weighted by atomic mass is 15.1. The summed E-state index contributed by atoms with van der Waals surface area (Å²) >= 11 is 0. The van der Waals surface area contributed by atoms with Crippen molar-refractivity contribution in [3.63, 3.8) is 0 Å². The highest BCUT2D eigenvalue weighted by Gasteiger charge is 2.52. The monoisotopic (exact) mass is 1030 g/mol. The van der Waals surface area contributed by atoms with Crippen molar-refractivity contribution in [2.45, 2.75) is 5.41 Å². The molecule has 0 atom stereocenters. The van der Waals surface area contributed by atoms with Crippen molar-refractivity contribution in [1.82, 2.24) is 4.57 Å². The van der Waals surface area contributed by atoms with E-state index < -0.39 is 5.41 Å². The fourth-order valence-corrected chi connectivity index (χ4v) is 13.4. The van der Waals surface area contributed by atoms with Gasteiger partial charge < -0.3 is 9.47 Å². The molecule has 2 aliphatic rings. The molecule has 16 rings (SSSR count). The number of rotatable bonds is 9. The standard InChI is InChI=1S/C79H52N2/c1-4-20-53(21-5-1)55-38-44-62(45-39-55)80(63-46-40-56(41-47-63)54-22-6-2-7-23-54)64-48-42-57(43-49-64)58-50-59(52-60(51-58)66-31-19-37-76-78(66)70-29-13-17-36-75(70)81(76)61-24-8-3-9-25-61)65-30-18-35-74-77(65)69-28-12-16-34-73(69)79(74)71-32-14-10-26-67(71)68-27-11-15-33-72(68)79/h1-52H/i42D,43D,48D,49D.